The molecule has 7 unspecified atom stereocenters. The minimum Gasteiger partial charge on any atom is -0.481 e. The minimum absolute atomic E-state index is 0.00477. The SMILES string of the molecule is CC/C=C/C(CC(O)CC(=O)CC(O)C(C)/C(Cl)=C/C=C/C=C(C)/C=C/C=C/C(=O)OC1CC(C(=O)O)CCC1O)OC(N)=O. The Kier molecular flexibility index (Phi) is 18.7. The molecule has 1 fully saturated rings. The number of rotatable bonds is 18. The number of halogens is 1. The van der Waals surface area contributed by atoms with Crippen molar-refractivity contribution in [2.45, 2.75) is 96.2 Å². The number of aliphatic hydroxyl groups excluding tert-OH is 3. The molecule has 12 heteroatoms. The van der Waals surface area contributed by atoms with E-state index in [1.165, 1.54) is 12.2 Å². The molecule has 0 aromatic carbocycles. The van der Waals surface area contributed by atoms with Gasteiger partial charge < -0.3 is 35.6 Å². The van der Waals surface area contributed by atoms with Crippen LogP contribution in [0.5, 0.6) is 0 Å². The van der Waals surface area contributed by atoms with E-state index in [1.807, 2.05) is 13.8 Å². The molecule has 0 aromatic rings. The quantitative estimate of drug-likeness (QED) is 0.0613. The van der Waals surface area contributed by atoms with Crippen LogP contribution in [0.2, 0.25) is 0 Å². The minimum atomic E-state index is -1.09. The number of carbonyl (C=O) groups excluding carboxylic acids is 3. The number of ether oxygens (including phenoxy) is 2. The van der Waals surface area contributed by atoms with Crippen LogP contribution in [-0.2, 0) is 23.9 Å². The molecular weight excluding hydrogens is 606 g/mol. The monoisotopic (exact) mass is 651 g/mol. The number of ketones is 1. The van der Waals surface area contributed by atoms with Crippen molar-refractivity contribution in [3.63, 3.8) is 0 Å². The molecule has 0 aliphatic heterocycles. The van der Waals surface area contributed by atoms with E-state index in [9.17, 15) is 34.5 Å². The van der Waals surface area contributed by atoms with Gasteiger partial charge in [-0.05, 0) is 38.3 Å². The second kappa shape index (κ2) is 21.3. The van der Waals surface area contributed by atoms with Crippen LogP contribution in [0.4, 0.5) is 4.79 Å². The van der Waals surface area contributed by atoms with E-state index in [4.69, 9.17) is 31.9 Å². The smallest absolute Gasteiger partial charge is 0.405 e. The number of esters is 1. The van der Waals surface area contributed by atoms with Crippen LogP contribution in [0.1, 0.15) is 65.7 Å². The molecule has 1 aliphatic rings. The fraction of sp³-hybridized carbons (Fsp3) is 0.515. The van der Waals surface area contributed by atoms with Gasteiger partial charge in [0.25, 0.3) is 0 Å². The first-order chi connectivity index (χ1) is 21.2. The summed E-state index contributed by atoms with van der Waals surface area (Å²) in [5.74, 6) is -3.20. The molecule has 250 valence electrons. The molecule has 0 heterocycles. The summed E-state index contributed by atoms with van der Waals surface area (Å²) >= 11 is 6.32. The molecule has 6 N–H and O–H groups in total. The highest BCUT2D eigenvalue weighted by Crippen LogP contribution is 2.27. The van der Waals surface area contributed by atoms with Gasteiger partial charge in [0.05, 0.1) is 24.2 Å². The van der Waals surface area contributed by atoms with Crippen molar-refractivity contribution in [2.75, 3.05) is 0 Å². The predicted octanol–water partition coefficient (Wildman–Crippen LogP) is 4.41. The van der Waals surface area contributed by atoms with E-state index >= 15 is 0 Å². The highest BCUT2D eigenvalue weighted by atomic mass is 35.5. The number of carbonyl (C=O) groups is 4. The van der Waals surface area contributed by atoms with Crippen LogP contribution >= 0.6 is 11.6 Å². The maximum Gasteiger partial charge on any atom is 0.405 e. The predicted molar refractivity (Wildman–Crippen MR) is 170 cm³/mol. The van der Waals surface area contributed by atoms with E-state index in [0.717, 1.165) is 5.57 Å². The maximum atomic E-state index is 12.4. The summed E-state index contributed by atoms with van der Waals surface area (Å²) in [7, 11) is 0. The third-order valence-corrected chi connectivity index (χ3v) is 7.54. The van der Waals surface area contributed by atoms with Crippen LogP contribution in [0.15, 0.2) is 71.4 Å². The molecule has 1 saturated carbocycles. The zero-order chi connectivity index (χ0) is 33.9. The Morgan fingerprint density at radius 1 is 1.02 bits per heavy atom. The molecule has 0 spiro atoms. The Morgan fingerprint density at radius 2 is 1.69 bits per heavy atom. The molecule has 0 saturated heterocycles. The zero-order valence-electron chi connectivity index (χ0n) is 26.0. The molecule has 11 nitrogen and oxygen atoms in total. The summed E-state index contributed by atoms with van der Waals surface area (Å²) in [6.07, 6.45) is 11.5. The third-order valence-electron chi connectivity index (χ3n) is 7.07. The molecule has 0 aromatic heterocycles. The maximum absolute atomic E-state index is 12.4. The lowest BCUT2D eigenvalue weighted by Crippen LogP contribution is -2.39. The molecule has 45 heavy (non-hydrogen) atoms. The number of amides is 1. The Balaban J connectivity index is 2.54. The lowest BCUT2D eigenvalue weighted by Gasteiger charge is -2.30. The lowest BCUT2D eigenvalue weighted by molar-refractivity contribution is -0.159. The Bertz CT molecular complexity index is 1170. The number of aliphatic hydroxyl groups is 3. The van der Waals surface area contributed by atoms with Crippen LogP contribution in [-0.4, -0.2) is 74.8 Å². The van der Waals surface area contributed by atoms with Crippen molar-refractivity contribution in [3.05, 3.63) is 71.4 Å². The van der Waals surface area contributed by atoms with Gasteiger partial charge in [0, 0.05) is 42.7 Å². The molecule has 1 rings (SSSR count). The normalized spacial score (nSPS) is 22.5. The van der Waals surface area contributed by atoms with Crippen molar-refractivity contribution >= 4 is 35.4 Å². The van der Waals surface area contributed by atoms with Gasteiger partial charge in [-0.3, -0.25) is 9.59 Å². The third kappa shape index (κ3) is 16.9. The second-order valence-corrected chi connectivity index (χ2v) is 11.4. The van der Waals surface area contributed by atoms with Crippen molar-refractivity contribution in [1.82, 2.24) is 0 Å². The van der Waals surface area contributed by atoms with Crippen LogP contribution in [0, 0.1) is 11.8 Å². The Labute approximate surface area is 269 Å². The number of primary amides is 1. The second-order valence-electron chi connectivity index (χ2n) is 11.0. The average molecular weight is 652 g/mol. The molecule has 0 radical (unpaired) electrons. The number of Topliss-reactive ketones (excluding diaryl/α,β-unsaturated/α-hetero) is 1. The largest absolute Gasteiger partial charge is 0.481 e. The van der Waals surface area contributed by atoms with E-state index in [2.05, 4.69) is 0 Å². The fourth-order valence-corrected chi connectivity index (χ4v) is 4.67. The highest BCUT2D eigenvalue weighted by Gasteiger charge is 2.35. The van der Waals surface area contributed by atoms with E-state index in [-0.39, 0.29) is 37.9 Å². The topological polar surface area (TPSA) is 194 Å². The number of aliphatic carboxylic acids is 1. The van der Waals surface area contributed by atoms with Gasteiger partial charge in [-0.25, -0.2) is 9.59 Å². The number of hydrogen-bond acceptors (Lipinski definition) is 9. The van der Waals surface area contributed by atoms with Crippen LogP contribution < -0.4 is 5.73 Å². The van der Waals surface area contributed by atoms with E-state index < -0.39 is 60.4 Å². The highest BCUT2D eigenvalue weighted by molar-refractivity contribution is 6.30. The first-order valence-electron chi connectivity index (χ1n) is 14.9. The fourth-order valence-electron chi connectivity index (χ4n) is 4.45. The number of nitrogens with two attached hydrogens (primary N) is 1. The van der Waals surface area contributed by atoms with Crippen molar-refractivity contribution < 1.29 is 49.1 Å². The summed E-state index contributed by atoms with van der Waals surface area (Å²) in [4.78, 5) is 46.7. The standard InChI is InChI=1S/C33H46ClNO10/c1-4-5-12-26(44-33(35)43)19-24(36)18-25(37)20-29(39)22(3)27(34)13-8-6-10-21(2)11-7-9-14-31(40)45-30-17-23(32(41)42)15-16-28(30)38/h5-14,22-24,26,28-30,36,38-39H,4,15-20H2,1-3H3,(H2,35,43)(H,41,42)/b8-6+,11-7+,12-5+,14-9+,21-10+,27-13-. The van der Waals surface area contributed by atoms with Crippen molar-refractivity contribution in [3.8, 4) is 0 Å². The molecule has 1 aliphatic carbocycles. The summed E-state index contributed by atoms with van der Waals surface area (Å²) in [5.41, 5.74) is 5.90. The van der Waals surface area contributed by atoms with Crippen molar-refractivity contribution in [1.29, 1.82) is 0 Å². The van der Waals surface area contributed by atoms with Gasteiger partial charge in [0.2, 0.25) is 0 Å². The van der Waals surface area contributed by atoms with Crippen molar-refractivity contribution in [2.24, 2.45) is 17.6 Å². The first kappa shape index (κ1) is 39.5. The first-order valence-corrected chi connectivity index (χ1v) is 15.3. The molecule has 1 amide bonds. The van der Waals surface area contributed by atoms with Gasteiger partial charge in [-0.1, -0.05) is 73.6 Å². The number of carboxylic acid groups (broad SMARTS) is 1. The van der Waals surface area contributed by atoms with Crippen LogP contribution in [0.3, 0.4) is 0 Å². The summed E-state index contributed by atoms with van der Waals surface area (Å²) in [5, 5.41) is 40.2. The summed E-state index contributed by atoms with van der Waals surface area (Å²) in [6, 6.07) is 0. The average Bonchev–Trinajstić information content (AvgIpc) is 2.96. The van der Waals surface area contributed by atoms with Gasteiger partial charge in [0.15, 0.2) is 0 Å². The summed E-state index contributed by atoms with van der Waals surface area (Å²) in [6.45, 7) is 5.40. The van der Waals surface area contributed by atoms with Crippen LogP contribution in [0.25, 0.3) is 0 Å². The number of allylic oxidation sites excluding steroid dienone is 9. The van der Waals surface area contributed by atoms with Gasteiger partial charge in [0.1, 0.15) is 18.0 Å². The molecule has 0 bridgehead atoms. The zero-order valence-corrected chi connectivity index (χ0v) is 26.7. The molecule has 7 atom stereocenters. The number of carboxylic acids is 1. The number of hydrogen-bond donors (Lipinski definition) is 5. The lowest BCUT2D eigenvalue weighted by atomic mass is 9.85. The van der Waals surface area contributed by atoms with Gasteiger partial charge in [-0.2, -0.15) is 0 Å². The Hall–Kier alpha value is -3.51. The summed E-state index contributed by atoms with van der Waals surface area (Å²) < 4.78 is 10.2. The Morgan fingerprint density at radius 3 is 2.33 bits per heavy atom. The van der Waals surface area contributed by atoms with Gasteiger partial charge >= 0.3 is 18.0 Å². The van der Waals surface area contributed by atoms with E-state index in [0.29, 0.717) is 17.9 Å². The van der Waals surface area contributed by atoms with E-state index in [1.54, 1.807) is 55.5 Å². The molecular formula is C33H46ClNO10. The van der Waals surface area contributed by atoms with Gasteiger partial charge in [-0.15, -0.1) is 0 Å².